The molecule has 1 saturated heterocycles. The summed E-state index contributed by atoms with van der Waals surface area (Å²) in [7, 11) is 0. The molecule has 2 rings (SSSR count). The van der Waals surface area contributed by atoms with Gasteiger partial charge in [0.1, 0.15) is 6.54 Å². The summed E-state index contributed by atoms with van der Waals surface area (Å²) in [5.41, 5.74) is 2.70. The standard InChI is InChI=1S/C16H25NO/c1-16(2,3)15-9-7-14(8-10-15)13-17(18)11-5-4-6-12-17/h7-10H,4-6,11-13H2,1-3H3. The van der Waals surface area contributed by atoms with Crippen LogP contribution in [-0.4, -0.2) is 17.7 Å². The molecular formula is C16H25NO. The first-order chi connectivity index (χ1) is 8.39. The van der Waals surface area contributed by atoms with Gasteiger partial charge in [0.05, 0.1) is 13.1 Å². The van der Waals surface area contributed by atoms with Crippen LogP contribution in [0.4, 0.5) is 0 Å². The van der Waals surface area contributed by atoms with Crippen LogP contribution in [0.5, 0.6) is 0 Å². The first-order valence-electron chi connectivity index (χ1n) is 7.06. The van der Waals surface area contributed by atoms with Gasteiger partial charge in [0.25, 0.3) is 0 Å². The van der Waals surface area contributed by atoms with Crippen molar-refractivity contribution >= 4 is 0 Å². The van der Waals surface area contributed by atoms with Gasteiger partial charge in [-0.1, -0.05) is 45.0 Å². The van der Waals surface area contributed by atoms with E-state index in [2.05, 4.69) is 45.0 Å². The number of benzene rings is 1. The Bertz CT molecular complexity index is 383. The lowest BCUT2D eigenvalue weighted by Crippen LogP contribution is -2.45. The van der Waals surface area contributed by atoms with Gasteiger partial charge in [0.15, 0.2) is 0 Å². The number of nitrogens with zero attached hydrogens (tertiary/aromatic N) is 1. The zero-order valence-corrected chi connectivity index (χ0v) is 11.9. The van der Waals surface area contributed by atoms with Gasteiger partial charge in [-0.25, -0.2) is 0 Å². The Labute approximate surface area is 111 Å². The molecule has 0 amide bonds. The predicted molar refractivity (Wildman–Crippen MR) is 76.1 cm³/mol. The number of quaternary nitrogens is 1. The van der Waals surface area contributed by atoms with Gasteiger partial charge in [-0.15, -0.1) is 0 Å². The van der Waals surface area contributed by atoms with Crippen LogP contribution in [0.3, 0.4) is 0 Å². The molecule has 18 heavy (non-hydrogen) atoms. The van der Waals surface area contributed by atoms with Crippen LogP contribution in [0.15, 0.2) is 24.3 Å². The second-order valence-corrected chi connectivity index (χ2v) is 6.67. The fourth-order valence-electron chi connectivity index (χ4n) is 2.69. The Kier molecular flexibility index (Phi) is 3.79. The molecule has 100 valence electrons. The van der Waals surface area contributed by atoms with Crippen molar-refractivity contribution in [3.8, 4) is 0 Å². The highest BCUT2D eigenvalue weighted by molar-refractivity contribution is 5.27. The minimum atomic E-state index is -0.0190. The third kappa shape index (κ3) is 3.33. The number of hydrogen-bond acceptors (Lipinski definition) is 1. The second-order valence-electron chi connectivity index (χ2n) is 6.67. The van der Waals surface area contributed by atoms with E-state index in [1.54, 1.807) is 0 Å². The highest BCUT2D eigenvalue weighted by Gasteiger charge is 2.21. The molecule has 1 fully saturated rings. The summed E-state index contributed by atoms with van der Waals surface area (Å²) in [6.07, 6.45) is 3.40. The van der Waals surface area contributed by atoms with E-state index in [9.17, 15) is 5.21 Å². The summed E-state index contributed by atoms with van der Waals surface area (Å²) in [6, 6.07) is 8.61. The zero-order valence-electron chi connectivity index (χ0n) is 11.9. The van der Waals surface area contributed by atoms with Crippen molar-refractivity contribution in [2.24, 2.45) is 0 Å². The van der Waals surface area contributed by atoms with Gasteiger partial charge >= 0.3 is 0 Å². The molecule has 0 unspecified atom stereocenters. The number of likely N-dealkylation sites (tertiary alicyclic amines) is 1. The highest BCUT2D eigenvalue weighted by atomic mass is 16.5. The molecule has 2 heteroatoms. The number of hydroxylamine groups is 3. The molecule has 1 aromatic rings. The normalized spacial score (nSPS) is 19.8. The summed E-state index contributed by atoms with van der Waals surface area (Å²) < 4.78 is -0.0190. The van der Waals surface area contributed by atoms with Gasteiger partial charge in [0, 0.05) is 5.56 Å². The van der Waals surface area contributed by atoms with Crippen molar-refractivity contribution in [1.29, 1.82) is 0 Å². The topological polar surface area (TPSA) is 23.1 Å². The van der Waals surface area contributed by atoms with Gasteiger partial charge in [-0.2, -0.15) is 0 Å². The lowest BCUT2D eigenvalue weighted by atomic mass is 9.86. The predicted octanol–water partition coefficient (Wildman–Crippen LogP) is 3.98. The van der Waals surface area contributed by atoms with Crippen molar-refractivity contribution in [2.45, 2.75) is 52.0 Å². The number of hydrogen-bond donors (Lipinski definition) is 0. The third-order valence-electron chi connectivity index (χ3n) is 3.92. The van der Waals surface area contributed by atoms with Crippen LogP contribution in [0.2, 0.25) is 0 Å². The average Bonchev–Trinajstić information content (AvgIpc) is 2.29. The molecule has 0 aromatic heterocycles. The summed E-state index contributed by atoms with van der Waals surface area (Å²) in [5.74, 6) is 0. The molecular weight excluding hydrogens is 222 g/mol. The van der Waals surface area contributed by atoms with Crippen LogP contribution in [0.25, 0.3) is 0 Å². The molecule has 1 aliphatic heterocycles. The molecule has 1 aromatic carbocycles. The lowest BCUT2D eigenvalue weighted by Gasteiger charge is -2.45. The lowest BCUT2D eigenvalue weighted by molar-refractivity contribution is -0.898. The SMILES string of the molecule is CC(C)(C)c1ccc(C[N+]2([O-])CCCCC2)cc1. The first-order valence-corrected chi connectivity index (χ1v) is 7.06. The largest absolute Gasteiger partial charge is 0.633 e. The Morgan fingerprint density at radius 2 is 1.56 bits per heavy atom. The molecule has 0 radical (unpaired) electrons. The highest BCUT2D eigenvalue weighted by Crippen LogP contribution is 2.25. The van der Waals surface area contributed by atoms with E-state index in [4.69, 9.17) is 0 Å². The molecule has 1 heterocycles. The maximum atomic E-state index is 12.5. The smallest absolute Gasteiger partial charge is 0.104 e. The van der Waals surface area contributed by atoms with E-state index in [1.807, 2.05) is 0 Å². The van der Waals surface area contributed by atoms with Gasteiger partial charge in [-0.05, 0) is 30.2 Å². The molecule has 1 aliphatic rings. The summed E-state index contributed by atoms with van der Waals surface area (Å²) in [6.45, 7) is 8.88. The summed E-state index contributed by atoms with van der Waals surface area (Å²) in [4.78, 5) is 0. The number of piperidine rings is 1. The molecule has 0 spiro atoms. The molecule has 0 atom stereocenters. The van der Waals surface area contributed by atoms with Crippen molar-refractivity contribution in [2.75, 3.05) is 13.1 Å². The Morgan fingerprint density at radius 3 is 2.06 bits per heavy atom. The van der Waals surface area contributed by atoms with E-state index in [0.717, 1.165) is 25.9 Å². The average molecular weight is 247 g/mol. The minimum Gasteiger partial charge on any atom is -0.633 e. The van der Waals surface area contributed by atoms with Crippen molar-refractivity contribution < 1.29 is 4.65 Å². The number of rotatable bonds is 2. The first kappa shape index (κ1) is 13.6. The van der Waals surface area contributed by atoms with Crippen LogP contribution < -0.4 is 0 Å². The maximum Gasteiger partial charge on any atom is 0.104 e. The van der Waals surface area contributed by atoms with Crippen molar-refractivity contribution in [3.05, 3.63) is 40.6 Å². The van der Waals surface area contributed by atoms with E-state index < -0.39 is 0 Å². The van der Waals surface area contributed by atoms with Gasteiger partial charge in [0.2, 0.25) is 0 Å². The zero-order chi connectivity index (χ0) is 13.2. The molecule has 0 aliphatic carbocycles. The van der Waals surface area contributed by atoms with Crippen LogP contribution in [0, 0.1) is 5.21 Å². The molecule has 2 nitrogen and oxygen atoms in total. The summed E-state index contributed by atoms with van der Waals surface area (Å²) in [5, 5.41) is 12.5. The van der Waals surface area contributed by atoms with E-state index in [0.29, 0.717) is 6.54 Å². The minimum absolute atomic E-state index is 0.0190. The monoisotopic (exact) mass is 247 g/mol. The Hall–Kier alpha value is -0.860. The third-order valence-corrected chi connectivity index (χ3v) is 3.92. The van der Waals surface area contributed by atoms with Crippen LogP contribution in [0.1, 0.15) is 51.2 Å². The van der Waals surface area contributed by atoms with Gasteiger partial charge < -0.3 is 9.85 Å². The maximum absolute atomic E-state index is 12.5. The fraction of sp³-hybridized carbons (Fsp3) is 0.625. The van der Waals surface area contributed by atoms with Crippen LogP contribution in [-0.2, 0) is 12.0 Å². The molecule has 0 bridgehead atoms. The van der Waals surface area contributed by atoms with Crippen molar-refractivity contribution in [1.82, 2.24) is 0 Å². The Balaban J connectivity index is 2.06. The van der Waals surface area contributed by atoms with Crippen molar-refractivity contribution in [3.63, 3.8) is 0 Å². The van der Waals surface area contributed by atoms with E-state index in [-0.39, 0.29) is 10.1 Å². The van der Waals surface area contributed by atoms with E-state index >= 15 is 0 Å². The quantitative estimate of drug-likeness (QED) is 0.572. The van der Waals surface area contributed by atoms with Crippen LogP contribution >= 0.6 is 0 Å². The van der Waals surface area contributed by atoms with Gasteiger partial charge in [-0.3, -0.25) is 0 Å². The summed E-state index contributed by atoms with van der Waals surface area (Å²) >= 11 is 0. The Morgan fingerprint density at radius 1 is 1.00 bits per heavy atom. The molecule has 0 saturated carbocycles. The molecule has 0 N–H and O–H groups in total. The second kappa shape index (κ2) is 5.02. The van der Waals surface area contributed by atoms with E-state index in [1.165, 1.54) is 17.5 Å². The fourth-order valence-corrected chi connectivity index (χ4v) is 2.69.